The summed E-state index contributed by atoms with van der Waals surface area (Å²) in [6.45, 7) is 5.91. The third-order valence-electron chi connectivity index (χ3n) is 5.82. The molecule has 0 radical (unpaired) electrons. The quantitative estimate of drug-likeness (QED) is 0.339. The van der Waals surface area contributed by atoms with Crippen molar-refractivity contribution in [3.63, 3.8) is 0 Å². The van der Waals surface area contributed by atoms with E-state index < -0.39 is 21.9 Å². The molecule has 1 aromatic heterocycles. The van der Waals surface area contributed by atoms with E-state index in [2.05, 4.69) is 23.6 Å². The molecule has 1 heterocycles. The number of ether oxygens (including phenoxy) is 1. The van der Waals surface area contributed by atoms with Crippen LogP contribution in [0.3, 0.4) is 0 Å². The summed E-state index contributed by atoms with van der Waals surface area (Å²) in [6.07, 6.45) is 0. The highest BCUT2D eigenvalue weighted by molar-refractivity contribution is 7.92. The van der Waals surface area contributed by atoms with E-state index in [1.165, 1.54) is 42.7 Å². The second-order valence-electron chi connectivity index (χ2n) is 8.81. The number of rotatable bonds is 7. The van der Waals surface area contributed by atoms with Crippen molar-refractivity contribution in [1.29, 1.82) is 0 Å². The topological polar surface area (TPSA) is 107 Å². The number of hydrogen-bond acceptors (Lipinski definition) is 6. The number of para-hydroxylation sites is 1. The van der Waals surface area contributed by atoms with Crippen LogP contribution in [-0.2, 0) is 26.1 Å². The Morgan fingerprint density at radius 2 is 1.76 bits per heavy atom. The lowest BCUT2D eigenvalue weighted by molar-refractivity contribution is -0.141. The van der Waals surface area contributed by atoms with E-state index in [1.54, 1.807) is 28.8 Å². The lowest BCUT2D eigenvalue weighted by Crippen LogP contribution is -2.22. The fourth-order valence-corrected chi connectivity index (χ4v) is 5.86. The molecule has 0 aliphatic carbocycles. The van der Waals surface area contributed by atoms with Gasteiger partial charge in [-0.05, 0) is 54.8 Å². The predicted molar refractivity (Wildman–Crippen MR) is 144 cm³/mol. The van der Waals surface area contributed by atoms with Crippen molar-refractivity contribution < 1.29 is 22.7 Å². The summed E-state index contributed by atoms with van der Waals surface area (Å²) in [5, 5.41) is 0. The molecule has 10 heteroatoms. The molecule has 8 nitrogen and oxygen atoms in total. The number of carbonyl (C=O) groups is 2. The Kier molecular flexibility index (Phi) is 7.60. The molecule has 0 unspecified atom stereocenters. The zero-order chi connectivity index (χ0) is 26.7. The Morgan fingerprint density at radius 1 is 1.05 bits per heavy atom. The van der Waals surface area contributed by atoms with Gasteiger partial charge in [0.15, 0.2) is 4.80 Å². The normalized spacial score (nSPS) is 12.2. The fourth-order valence-electron chi connectivity index (χ4n) is 3.71. The van der Waals surface area contributed by atoms with Gasteiger partial charge in [0, 0.05) is 0 Å². The maximum atomic E-state index is 13.3. The summed E-state index contributed by atoms with van der Waals surface area (Å²) in [7, 11) is -2.63. The smallest absolute Gasteiger partial charge is 0.325 e. The number of methoxy groups -OCH3 is 1. The number of aryl methyl sites for hydroxylation is 1. The van der Waals surface area contributed by atoms with E-state index in [-0.39, 0.29) is 22.7 Å². The van der Waals surface area contributed by atoms with Crippen molar-refractivity contribution in [3.8, 4) is 0 Å². The minimum atomic E-state index is -3.93. The number of nitrogens with zero attached hydrogens (tertiary/aromatic N) is 2. The number of aromatic nitrogens is 1. The van der Waals surface area contributed by atoms with Crippen LogP contribution in [0.1, 0.15) is 41.3 Å². The SMILES string of the molecule is COC(=O)Cn1c(=NC(=O)c2ccccc2NS(=O)(=O)c2ccc(C)cc2)sc2cc(C(C)C)ccc21. The Balaban J connectivity index is 1.77. The number of hydrogen-bond donors (Lipinski definition) is 1. The Morgan fingerprint density at radius 3 is 2.43 bits per heavy atom. The molecule has 3 aromatic carbocycles. The summed E-state index contributed by atoms with van der Waals surface area (Å²) in [6, 6.07) is 18.6. The van der Waals surface area contributed by atoms with Crippen LogP contribution in [0.5, 0.6) is 0 Å². The molecule has 0 atom stereocenters. The maximum absolute atomic E-state index is 13.3. The molecule has 0 saturated carbocycles. The minimum absolute atomic E-state index is 0.0821. The van der Waals surface area contributed by atoms with Gasteiger partial charge in [-0.3, -0.25) is 14.3 Å². The van der Waals surface area contributed by atoms with Crippen molar-refractivity contribution in [3.05, 3.63) is 88.2 Å². The standard InChI is InChI=1S/C27H27N3O5S2/c1-17(2)19-11-14-23-24(15-19)36-27(30(23)16-25(31)35-4)28-26(32)21-7-5-6-8-22(21)29-37(33,34)20-12-9-18(3)10-13-20/h5-15,17,29H,16H2,1-4H3. The summed E-state index contributed by atoms with van der Waals surface area (Å²) >= 11 is 1.28. The molecule has 0 fully saturated rings. The van der Waals surface area contributed by atoms with Crippen LogP contribution in [0.25, 0.3) is 10.2 Å². The molecule has 0 spiro atoms. The highest BCUT2D eigenvalue weighted by atomic mass is 32.2. The number of sulfonamides is 1. The lowest BCUT2D eigenvalue weighted by Gasteiger charge is -2.11. The van der Waals surface area contributed by atoms with Gasteiger partial charge in [0.05, 0.1) is 33.5 Å². The maximum Gasteiger partial charge on any atom is 0.325 e. The van der Waals surface area contributed by atoms with E-state index >= 15 is 0 Å². The van der Waals surface area contributed by atoms with Gasteiger partial charge in [0.25, 0.3) is 15.9 Å². The zero-order valence-corrected chi connectivity index (χ0v) is 22.5. The summed E-state index contributed by atoms with van der Waals surface area (Å²) < 4.78 is 35.8. The molecule has 0 aliphatic rings. The van der Waals surface area contributed by atoms with Gasteiger partial charge >= 0.3 is 5.97 Å². The number of carbonyl (C=O) groups excluding carboxylic acids is 2. The van der Waals surface area contributed by atoms with Gasteiger partial charge in [0.1, 0.15) is 6.54 Å². The average Bonchev–Trinajstić information content (AvgIpc) is 3.19. The van der Waals surface area contributed by atoms with E-state index in [0.717, 1.165) is 21.3 Å². The number of thiazole rings is 1. The van der Waals surface area contributed by atoms with Crippen LogP contribution in [0, 0.1) is 6.92 Å². The molecule has 1 amide bonds. The monoisotopic (exact) mass is 537 g/mol. The molecule has 0 bridgehead atoms. The van der Waals surface area contributed by atoms with Crippen molar-refractivity contribution in [2.75, 3.05) is 11.8 Å². The molecular weight excluding hydrogens is 510 g/mol. The molecule has 1 N–H and O–H groups in total. The number of esters is 1. The van der Waals surface area contributed by atoms with E-state index in [9.17, 15) is 18.0 Å². The van der Waals surface area contributed by atoms with Gasteiger partial charge in [-0.2, -0.15) is 4.99 Å². The highest BCUT2D eigenvalue weighted by Crippen LogP contribution is 2.25. The van der Waals surface area contributed by atoms with Crippen LogP contribution in [0.4, 0.5) is 5.69 Å². The second-order valence-corrected chi connectivity index (χ2v) is 11.5. The Bertz CT molecular complexity index is 1650. The number of anilines is 1. The van der Waals surface area contributed by atoms with Gasteiger partial charge in [-0.1, -0.05) is 61.1 Å². The van der Waals surface area contributed by atoms with Crippen LogP contribution < -0.4 is 9.52 Å². The van der Waals surface area contributed by atoms with Gasteiger partial charge in [-0.15, -0.1) is 0 Å². The molecule has 37 heavy (non-hydrogen) atoms. The fraction of sp³-hybridized carbons (Fsp3) is 0.222. The van der Waals surface area contributed by atoms with Crippen LogP contribution >= 0.6 is 11.3 Å². The van der Waals surface area contributed by atoms with Crippen molar-refractivity contribution >= 4 is 49.1 Å². The highest BCUT2D eigenvalue weighted by Gasteiger charge is 2.19. The van der Waals surface area contributed by atoms with E-state index in [0.29, 0.717) is 10.7 Å². The molecule has 0 saturated heterocycles. The lowest BCUT2D eigenvalue weighted by atomic mass is 10.0. The molecule has 4 rings (SSSR count). The number of nitrogens with one attached hydrogen (secondary N) is 1. The molecule has 0 aliphatic heterocycles. The third-order valence-corrected chi connectivity index (χ3v) is 8.24. The first-order valence-electron chi connectivity index (χ1n) is 11.6. The van der Waals surface area contributed by atoms with Crippen molar-refractivity contribution in [2.24, 2.45) is 4.99 Å². The number of fused-ring (bicyclic) bond motifs is 1. The zero-order valence-electron chi connectivity index (χ0n) is 20.9. The first kappa shape index (κ1) is 26.3. The Labute approximate surface area is 219 Å². The minimum Gasteiger partial charge on any atom is -0.468 e. The van der Waals surface area contributed by atoms with E-state index in [4.69, 9.17) is 4.74 Å². The van der Waals surface area contributed by atoms with Crippen LogP contribution in [-0.4, -0.2) is 32.0 Å². The molecule has 192 valence electrons. The van der Waals surface area contributed by atoms with Gasteiger partial charge < -0.3 is 9.30 Å². The second kappa shape index (κ2) is 10.7. The molecular formula is C27H27N3O5S2. The van der Waals surface area contributed by atoms with Crippen LogP contribution in [0.2, 0.25) is 0 Å². The van der Waals surface area contributed by atoms with Gasteiger partial charge in [-0.25, -0.2) is 8.42 Å². The van der Waals surface area contributed by atoms with E-state index in [1.807, 2.05) is 25.1 Å². The largest absolute Gasteiger partial charge is 0.468 e. The summed E-state index contributed by atoms with van der Waals surface area (Å²) in [4.78, 5) is 30.2. The van der Waals surface area contributed by atoms with Gasteiger partial charge in [0.2, 0.25) is 0 Å². The Hall–Kier alpha value is -3.76. The number of benzene rings is 3. The van der Waals surface area contributed by atoms with Crippen LogP contribution in [0.15, 0.2) is 76.6 Å². The first-order valence-corrected chi connectivity index (χ1v) is 13.9. The van der Waals surface area contributed by atoms with Crippen molar-refractivity contribution in [1.82, 2.24) is 4.57 Å². The number of amides is 1. The molecule has 4 aromatic rings. The summed E-state index contributed by atoms with van der Waals surface area (Å²) in [5.74, 6) is -0.819. The summed E-state index contributed by atoms with van der Waals surface area (Å²) in [5.41, 5.74) is 2.99. The first-order chi connectivity index (χ1) is 17.6. The average molecular weight is 538 g/mol. The predicted octanol–water partition coefficient (Wildman–Crippen LogP) is 4.85. The van der Waals surface area contributed by atoms with Crippen molar-refractivity contribution in [2.45, 2.75) is 38.1 Å². The third kappa shape index (κ3) is 5.81.